The number of hydrogen-bond acceptors (Lipinski definition) is 6. The highest BCUT2D eigenvalue weighted by atomic mass is 16.5. The fourth-order valence-corrected chi connectivity index (χ4v) is 3.94. The number of amidine groups is 1. The molecule has 0 bridgehead atoms. The van der Waals surface area contributed by atoms with Gasteiger partial charge in [0, 0.05) is 49.3 Å². The van der Waals surface area contributed by atoms with E-state index >= 15 is 0 Å². The highest BCUT2D eigenvalue weighted by Gasteiger charge is 2.31. The highest BCUT2D eigenvalue weighted by Crippen LogP contribution is 2.33. The number of pyridine rings is 1. The van der Waals surface area contributed by atoms with Crippen LogP contribution in [0, 0.1) is 26.2 Å². The summed E-state index contributed by atoms with van der Waals surface area (Å²) in [6, 6.07) is 3.26. The summed E-state index contributed by atoms with van der Waals surface area (Å²) >= 11 is 0. The van der Waals surface area contributed by atoms with E-state index < -0.39 is 0 Å². The van der Waals surface area contributed by atoms with Gasteiger partial charge in [-0.1, -0.05) is 0 Å². The molecule has 2 heterocycles. The zero-order chi connectivity index (χ0) is 23.7. The molecule has 1 amide bonds. The van der Waals surface area contributed by atoms with Crippen LogP contribution in [0.3, 0.4) is 0 Å². The Balaban J connectivity index is 1.85. The van der Waals surface area contributed by atoms with Crippen molar-refractivity contribution in [2.45, 2.75) is 47.7 Å². The second kappa shape index (κ2) is 8.98. The first-order valence-electron chi connectivity index (χ1n) is 10.6. The minimum Gasteiger partial charge on any atom is -0.507 e. The van der Waals surface area contributed by atoms with E-state index in [0.717, 1.165) is 22.6 Å². The van der Waals surface area contributed by atoms with Crippen LogP contribution < -0.4 is 4.74 Å². The first kappa shape index (κ1) is 23.2. The number of nitrogens with one attached hydrogen (secondary N) is 1. The molecular formula is C24H30N4O4. The molecule has 0 saturated heterocycles. The summed E-state index contributed by atoms with van der Waals surface area (Å²) < 4.78 is 5.73. The van der Waals surface area contributed by atoms with Crippen LogP contribution in [0.4, 0.5) is 0 Å². The van der Waals surface area contributed by atoms with E-state index in [4.69, 9.17) is 10.1 Å². The van der Waals surface area contributed by atoms with Gasteiger partial charge in [0.05, 0.1) is 18.8 Å². The maximum Gasteiger partial charge on any atom is 0.219 e. The molecule has 0 unspecified atom stereocenters. The number of aromatic nitrogens is 1. The number of amides is 1. The molecule has 1 aromatic heterocycles. The number of aryl methyl sites for hydroxylation is 2. The van der Waals surface area contributed by atoms with Crippen molar-refractivity contribution < 1.29 is 19.4 Å². The van der Waals surface area contributed by atoms with Gasteiger partial charge in [0.2, 0.25) is 5.91 Å². The molecule has 2 aromatic rings. The number of rotatable bonds is 7. The van der Waals surface area contributed by atoms with Gasteiger partial charge in [-0.25, -0.2) is 4.98 Å². The first-order chi connectivity index (χ1) is 15.0. The maximum absolute atomic E-state index is 13.1. The number of aromatic hydroxyl groups is 1. The number of phenolic OH excluding ortho intramolecular Hbond substituents is 1. The van der Waals surface area contributed by atoms with Gasteiger partial charge in [0.25, 0.3) is 0 Å². The van der Waals surface area contributed by atoms with Crippen LogP contribution in [0.1, 0.15) is 57.8 Å². The van der Waals surface area contributed by atoms with Crippen molar-refractivity contribution >= 4 is 17.5 Å². The number of phenols is 1. The van der Waals surface area contributed by atoms with Crippen molar-refractivity contribution in [1.82, 2.24) is 14.8 Å². The SMILES string of the molecule is CCOc1c(C)nc2c(c1C)CN(CC(=O)c1cc(C)c(O)c(CN(C)C(C)=O)c1)C2=N. The number of benzene rings is 1. The van der Waals surface area contributed by atoms with Crippen molar-refractivity contribution in [1.29, 1.82) is 5.41 Å². The lowest BCUT2D eigenvalue weighted by molar-refractivity contribution is -0.128. The Labute approximate surface area is 188 Å². The second-order valence-corrected chi connectivity index (χ2v) is 8.22. The second-order valence-electron chi connectivity index (χ2n) is 8.22. The monoisotopic (exact) mass is 438 g/mol. The Morgan fingerprint density at radius 3 is 2.59 bits per heavy atom. The Bertz CT molecular complexity index is 1110. The molecule has 8 heteroatoms. The Morgan fingerprint density at radius 2 is 1.97 bits per heavy atom. The van der Waals surface area contributed by atoms with Crippen LogP contribution in [0.2, 0.25) is 0 Å². The third-order valence-corrected chi connectivity index (χ3v) is 5.85. The minimum atomic E-state index is -0.170. The van der Waals surface area contributed by atoms with Gasteiger partial charge < -0.3 is 19.6 Å². The Hall–Kier alpha value is -3.42. The van der Waals surface area contributed by atoms with Crippen molar-refractivity contribution in [3.05, 3.63) is 51.3 Å². The van der Waals surface area contributed by atoms with Crippen molar-refractivity contribution in [3.63, 3.8) is 0 Å². The molecule has 0 spiro atoms. The van der Waals surface area contributed by atoms with Crippen LogP contribution in [0.15, 0.2) is 12.1 Å². The predicted molar refractivity (Wildman–Crippen MR) is 121 cm³/mol. The number of carbonyl (C=O) groups is 2. The standard InChI is InChI=1S/C24H30N4O4/c1-7-32-23-14(3)19-11-28(24(25)21(19)26-15(23)4)12-20(30)17-8-13(2)22(31)18(9-17)10-27(6)16(5)29/h8-9,25,31H,7,10-12H2,1-6H3. The molecule has 0 atom stereocenters. The number of hydrogen-bond donors (Lipinski definition) is 2. The van der Waals surface area contributed by atoms with E-state index in [0.29, 0.717) is 35.5 Å². The van der Waals surface area contributed by atoms with Crippen molar-refractivity contribution in [3.8, 4) is 11.5 Å². The number of nitrogens with zero attached hydrogens (tertiary/aromatic N) is 3. The molecular weight excluding hydrogens is 408 g/mol. The lowest BCUT2D eigenvalue weighted by atomic mass is 10.0. The van der Waals surface area contributed by atoms with Crippen LogP contribution in [-0.4, -0.2) is 57.6 Å². The van der Waals surface area contributed by atoms with Gasteiger partial charge in [-0.3, -0.25) is 15.0 Å². The summed E-state index contributed by atoms with van der Waals surface area (Å²) in [5, 5.41) is 18.9. The van der Waals surface area contributed by atoms with Gasteiger partial charge in [0.15, 0.2) is 5.78 Å². The van der Waals surface area contributed by atoms with E-state index in [1.807, 2.05) is 20.8 Å². The molecule has 0 saturated carbocycles. The van der Waals surface area contributed by atoms with Crippen LogP contribution in [0.5, 0.6) is 11.5 Å². The summed E-state index contributed by atoms with van der Waals surface area (Å²) in [5.41, 5.74) is 4.69. The van der Waals surface area contributed by atoms with Gasteiger partial charge in [-0.2, -0.15) is 0 Å². The molecule has 0 fully saturated rings. The Kier molecular flexibility index (Phi) is 6.52. The number of fused-ring (bicyclic) bond motifs is 1. The quantitative estimate of drug-likeness (QED) is 0.644. The van der Waals surface area contributed by atoms with Crippen LogP contribution in [0.25, 0.3) is 0 Å². The lowest BCUT2D eigenvalue weighted by Crippen LogP contribution is -2.30. The fraction of sp³-hybridized carbons (Fsp3) is 0.417. The summed E-state index contributed by atoms with van der Waals surface area (Å²) in [4.78, 5) is 32.4. The summed E-state index contributed by atoms with van der Waals surface area (Å²) in [5.74, 6) is 0.730. The minimum absolute atomic E-state index is 0.0177. The molecule has 2 N–H and O–H groups in total. The summed E-state index contributed by atoms with van der Waals surface area (Å²) in [7, 11) is 1.64. The summed E-state index contributed by atoms with van der Waals surface area (Å²) in [6.45, 7) is 10.1. The predicted octanol–water partition coefficient (Wildman–Crippen LogP) is 3.11. The average molecular weight is 439 g/mol. The zero-order valence-corrected chi connectivity index (χ0v) is 19.5. The molecule has 32 heavy (non-hydrogen) atoms. The molecule has 170 valence electrons. The molecule has 3 rings (SSSR count). The number of Topliss-reactive ketones (excluding diaryl/α,β-unsaturated/α-hetero) is 1. The molecule has 0 radical (unpaired) electrons. The normalized spacial score (nSPS) is 12.7. The number of carbonyl (C=O) groups excluding carboxylic acids is 2. The van der Waals surface area contributed by atoms with Crippen molar-refractivity contribution in [2.24, 2.45) is 0 Å². The summed E-state index contributed by atoms with van der Waals surface area (Å²) in [6.07, 6.45) is 0. The number of ether oxygens (including phenoxy) is 1. The molecule has 1 aromatic carbocycles. The van der Waals surface area contributed by atoms with E-state index in [1.54, 1.807) is 31.0 Å². The topological polar surface area (TPSA) is 107 Å². The molecule has 8 nitrogen and oxygen atoms in total. The lowest BCUT2D eigenvalue weighted by Gasteiger charge is -2.19. The number of ketones is 1. The zero-order valence-electron chi connectivity index (χ0n) is 19.5. The van der Waals surface area contributed by atoms with Gasteiger partial charge >= 0.3 is 0 Å². The molecule has 1 aliphatic heterocycles. The Morgan fingerprint density at radius 1 is 1.28 bits per heavy atom. The average Bonchev–Trinajstić information content (AvgIpc) is 3.04. The van der Waals surface area contributed by atoms with E-state index in [9.17, 15) is 14.7 Å². The van der Waals surface area contributed by atoms with Crippen LogP contribution in [-0.2, 0) is 17.9 Å². The highest BCUT2D eigenvalue weighted by molar-refractivity contribution is 6.04. The van der Waals surface area contributed by atoms with Gasteiger partial charge in [-0.05, 0) is 45.4 Å². The van der Waals surface area contributed by atoms with Gasteiger partial charge in [-0.15, -0.1) is 0 Å². The van der Waals surface area contributed by atoms with E-state index in [1.165, 1.54) is 11.8 Å². The van der Waals surface area contributed by atoms with Gasteiger partial charge in [0.1, 0.15) is 23.0 Å². The maximum atomic E-state index is 13.1. The first-order valence-corrected chi connectivity index (χ1v) is 10.6. The van der Waals surface area contributed by atoms with Crippen LogP contribution >= 0.6 is 0 Å². The molecule has 0 aliphatic carbocycles. The third kappa shape index (κ3) is 4.30. The van der Waals surface area contributed by atoms with Crippen molar-refractivity contribution in [2.75, 3.05) is 20.2 Å². The largest absolute Gasteiger partial charge is 0.507 e. The smallest absolute Gasteiger partial charge is 0.219 e. The van der Waals surface area contributed by atoms with E-state index in [2.05, 4.69) is 4.98 Å². The molecule has 1 aliphatic rings. The third-order valence-electron chi connectivity index (χ3n) is 5.85. The fourth-order valence-electron chi connectivity index (χ4n) is 3.94. The van der Waals surface area contributed by atoms with E-state index in [-0.39, 0.29) is 36.4 Å².